The SMILES string of the molecule is CCOC(=O)c1c(N)cc(Cl)n1-c1ccc(-c2cccc(C)c2O)cc1. The highest BCUT2D eigenvalue weighted by Crippen LogP contribution is 2.33. The third kappa shape index (κ3) is 3.13. The Hall–Kier alpha value is -2.92. The fourth-order valence-corrected chi connectivity index (χ4v) is 3.14. The molecule has 0 aliphatic carbocycles. The maximum atomic E-state index is 12.2. The van der Waals surface area contributed by atoms with Crippen LogP contribution >= 0.6 is 11.6 Å². The van der Waals surface area contributed by atoms with Crippen molar-refractivity contribution in [3.8, 4) is 22.6 Å². The molecule has 5 nitrogen and oxygen atoms in total. The lowest BCUT2D eigenvalue weighted by atomic mass is 10.0. The summed E-state index contributed by atoms with van der Waals surface area (Å²) in [4.78, 5) is 12.2. The van der Waals surface area contributed by atoms with E-state index in [1.54, 1.807) is 11.5 Å². The molecule has 6 heteroatoms. The smallest absolute Gasteiger partial charge is 0.357 e. The van der Waals surface area contributed by atoms with Crippen LogP contribution in [0.2, 0.25) is 5.15 Å². The number of aromatic nitrogens is 1. The number of esters is 1. The molecule has 0 bridgehead atoms. The largest absolute Gasteiger partial charge is 0.507 e. The molecule has 0 aliphatic heterocycles. The Labute approximate surface area is 156 Å². The van der Waals surface area contributed by atoms with Gasteiger partial charge in [-0.1, -0.05) is 41.9 Å². The van der Waals surface area contributed by atoms with E-state index in [4.69, 9.17) is 22.1 Å². The van der Waals surface area contributed by atoms with E-state index in [0.717, 1.165) is 16.7 Å². The Bertz CT molecular complexity index is 962. The molecule has 0 unspecified atom stereocenters. The van der Waals surface area contributed by atoms with Crippen molar-refractivity contribution in [1.29, 1.82) is 0 Å². The molecular weight excluding hydrogens is 352 g/mol. The number of ether oxygens (including phenoxy) is 1. The van der Waals surface area contributed by atoms with Crippen molar-refractivity contribution in [3.05, 3.63) is 64.9 Å². The highest BCUT2D eigenvalue weighted by Gasteiger charge is 2.21. The Morgan fingerprint density at radius 3 is 2.58 bits per heavy atom. The molecule has 0 amide bonds. The van der Waals surface area contributed by atoms with Gasteiger partial charge in [0.15, 0.2) is 5.69 Å². The molecule has 3 N–H and O–H groups in total. The summed E-state index contributed by atoms with van der Waals surface area (Å²) in [7, 11) is 0. The number of aromatic hydroxyl groups is 1. The monoisotopic (exact) mass is 370 g/mol. The van der Waals surface area contributed by atoms with Crippen LogP contribution in [0.4, 0.5) is 5.69 Å². The summed E-state index contributed by atoms with van der Waals surface area (Å²) in [5, 5.41) is 10.6. The van der Waals surface area contributed by atoms with Crippen LogP contribution < -0.4 is 5.73 Å². The Morgan fingerprint density at radius 1 is 1.23 bits per heavy atom. The predicted molar refractivity (Wildman–Crippen MR) is 103 cm³/mol. The third-order valence-electron chi connectivity index (χ3n) is 4.13. The second-order valence-electron chi connectivity index (χ2n) is 5.84. The van der Waals surface area contributed by atoms with Crippen molar-refractivity contribution in [1.82, 2.24) is 4.57 Å². The maximum absolute atomic E-state index is 12.2. The van der Waals surface area contributed by atoms with Crippen LogP contribution in [0.25, 0.3) is 16.8 Å². The van der Waals surface area contributed by atoms with Gasteiger partial charge in [0.1, 0.15) is 10.9 Å². The molecular formula is C20H19ClN2O3. The van der Waals surface area contributed by atoms with Crippen molar-refractivity contribution in [3.63, 3.8) is 0 Å². The molecule has 134 valence electrons. The molecule has 1 heterocycles. The first-order chi connectivity index (χ1) is 12.4. The summed E-state index contributed by atoms with van der Waals surface area (Å²) in [6.07, 6.45) is 0. The number of phenolic OH excluding ortho intramolecular Hbond substituents is 1. The van der Waals surface area contributed by atoms with E-state index in [1.807, 2.05) is 49.4 Å². The molecule has 0 fully saturated rings. The van der Waals surface area contributed by atoms with Crippen molar-refractivity contribution in [2.45, 2.75) is 13.8 Å². The number of carbonyl (C=O) groups is 1. The van der Waals surface area contributed by atoms with Gasteiger partial charge >= 0.3 is 5.97 Å². The summed E-state index contributed by atoms with van der Waals surface area (Å²) in [5.41, 5.74) is 9.45. The van der Waals surface area contributed by atoms with Gasteiger partial charge in [-0.2, -0.15) is 0 Å². The number of anilines is 1. The number of carbonyl (C=O) groups excluding carboxylic acids is 1. The van der Waals surface area contributed by atoms with Crippen molar-refractivity contribution in [2.75, 3.05) is 12.3 Å². The van der Waals surface area contributed by atoms with Gasteiger partial charge in [0.25, 0.3) is 0 Å². The third-order valence-corrected chi connectivity index (χ3v) is 4.41. The maximum Gasteiger partial charge on any atom is 0.357 e. The van der Waals surface area contributed by atoms with Gasteiger partial charge in [0.05, 0.1) is 12.3 Å². The first-order valence-electron chi connectivity index (χ1n) is 8.17. The minimum absolute atomic E-state index is 0.197. The van der Waals surface area contributed by atoms with E-state index in [9.17, 15) is 9.90 Å². The number of phenols is 1. The molecule has 0 aliphatic rings. The molecule has 3 aromatic rings. The lowest BCUT2D eigenvalue weighted by molar-refractivity contribution is 0.0518. The van der Waals surface area contributed by atoms with Crippen LogP contribution in [0.5, 0.6) is 5.75 Å². The summed E-state index contributed by atoms with van der Waals surface area (Å²) in [6.45, 7) is 3.82. The zero-order valence-corrected chi connectivity index (χ0v) is 15.2. The van der Waals surface area contributed by atoms with E-state index in [0.29, 0.717) is 10.8 Å². The first kappa shape index (κ1) is 17.9. The molecule has 0 spiro atoms. The molecule has 0 radical (unpaired) electrons. The Kier molecular flexibility index (Phi) is 4.91. The van der Waals surface area contributed by atoms with Gasteiger partial charge in [-0.05, 0) is 43.2 Å². The summed E-state index contributed by atoms with van der Waals surface area (Å²) < 4.78 is 6.63. The number of halogens is 1. The van der Waals surface area contributed by atoms with Gasteiger partial charge in [-0.25, -0.2) is 4.79 Å². The normalized spacial score (nSPS) is 10.7. The average molecular weight is 371 g/mol. The van der Waals surface area contributed by atoms with Crippen molar-refractivity contribution in [2.24, 2.45) is 0 Å². The van der Waals surface area contributed by atoms with Crippen LogP contribution in [-0.4, -0.2) is 22.2 Å². The Balaban J connectivity index is 2.05. The van der Waals surface area contributed by atoms with E-state index in [-0.39, 0.29) is 23.7 Å². The van der Waals surface area contributed by atoms with Gasteiger partial charge in [-0.3, -0.25) is 4.57 Å². The van der Waals surface area contributed by atoms with E-state index in [2.05, 4.69) is 0 Å². The highest BCUT2D eigenvalue weighted by molar-refractivity contribution is 6.30. The van der Waals surface area contributed by atoms with Crippen LogP contribution in [0, 0.1) is 6.92 Å². The van der Waals surface area contributed by atoms with Crippen molar-refractivity contribution >= 4 is 23.3 Å². The summed E-state index contributed by atoms with van der Waals surface area (Å²) in [5.74, 6) is -0.284. The second kappa shape index (κ2) is 7.14. The van der Waals surface area contributed by atoms with E-state index >= 15 is 0 Å². The number of aryl methyl sites for hydroxylation is 1. The molecule has 0 saturated carbocycles. The molecule has 2 aromatic carbocycles. The first-order valence-corrected chi connectivity index (χ1v) is 8.55. The molecule has 26 heavy (non-hydrogen) atoms. The fourth-order valence-electron chi connectivity index (χ4n) is 2.84. The standard InChI is InChI=1S/C20H19ClN2O3/c1-3-26-20(25)18-16(22)11-17(21)23(18)14-9-7-13(8-10-14)15-6-4-5-12(2)19(15)24/h4-11,24H,3,22H2,1-2H3. The minimum atomic E-state index is -0.530. The number of nitrogens with zero attached hydrogens (tertiary/aromatic N) is 1. The zero-order chi connectivity index (χ0) is 18.8. The van der Waals surface area contributed by atoms with Gasteiger partial charge in [-0.15, -0.1) is 0 Å². The number of nitrogen functional groups attached to an aromatic ring is 1. The number of hydrogen-bond donors (Lipinski definition) is 2. The molecule has 0 saturated heterocycles. The predicted octanol–water partition coefficient (Wildman–Crippen LogP) is 4.57. The molecule has 3 rings (SSSR count). The van der Waals surface area contributed by atoms with Gasteiger partial charge in [0.2, 0.25) is 0 Å². The van der Waals surface area contributed by atoms with Crippen molar-refractivity contribution < 1.29 is 14.6 Å². The summed E-state index contributed by atoms with van der Waals surface area (Å²) >= 11 is 6.27. The quantitative estimate of drug-likeness (QED) is 0.659. The molecule has 0 atom stereocenters. The van der Waals surface area contributed by atoms with Crippen LogP contribution in [0.3, 0.4) is 0 Å². The number of rotatable bonds is 4. The zero-order valence-electron chi connectivity index (χ0n) is 14.5. The van der Waals surface area contributed by atoms with Gasteiger partial charge in [0, 0.05) is 11.3 Å². The number of nitrogens with two attached hydrogens (primary N) is 1. The number of hydrogen-bond acceptors (Lipinski definition) is 4. The average Bonchev–Trinajstić information content (AvgIpc) is 2.92. The highest BCUT2D eigenvalue weighted by atomic mass is 35.5. The number of para-hydroxylation sites is 1. The lowest BCUT2D eigenvalue weighted by Crippen LogP contribution is -2.13. The number of benzene rings is 2. The van der Waals surface area contributed by atoms with Crippen LogP contribution in [-0.2, 0) is 4.74 Å². The molecule has 1 aromatic heterocycles. The topological polar surface area (TPSA) is 77.5 Å². The van der Waals surface area contributed by atoms with Gasteiger partial charge < -0.3 is 15.6 Å². The minimum Gasteiger partial charge on any atom is -0.507 e. The van der Waals surface area contributed by atoms with Crippen LogP contribution in [0.1, 0.15) is 23.0 Å². The van der Waals surface area contributed by atoms with E-state index in [1.165, 1.54) is 6.07 Å². The lowest BCUT2D eigenvalue weighted by Gasteiger charge is -2.12. The fraction of sp³-hybridized carbons (Fsp3) is 0.150. The Morgan fingerprint density at radius 2 is 1.92 bits per heavy atom. The summed E-state index contributed by atoms with van der Waals surface area (Å²) in [6, 6.07) is 14.4. The van der Waals surface area contributed by atoms with E-state index < -0.39 is 5.97 Å². The van der Waals surface area contributed by atoms with Crippen LogP contribution in [0.15, 0.2) is 48.5 Å². The second-order valence-corrected chi connectivity index (χ2v) is 6.23.